The van der Waals surface area contributed by atoms with E-state index >= 15 is 0 Å². The first-order valence-corrected chi connectivity index (χ1v) is 7.45. The van der Waals surface area contributed by atoms with E-state index in [2.05, 4.69) is 5.32 Å². The Hall–Kier alpha value is -1.43. The summed E-state index contributed by atoms with van der Waals surface area (Å²) in [4.78, 5) is 13.5. The second-order valence-corrected chi connectivity index (χ2v) is 4.85. The fraction of sp³-hybridized carbons (Fsp3) is 0.562. The fourth-order valence-electron chi connectivity index (χ4n) is 1.98. The van der Waals surface area contributed by atoms with Crippen LogP contribution in [-0.2, 0) is 16.1 Å². The first-order chi connectivity index (χ1) is 10.2. The van der Waals surface area contributed by atoms with Gasteiger partial charge < -0.3 is 20.1 Å². The second kappa shape index (κ2) is 10.3. The van der Waals surface area contributed by atoms with E-state index < -0.39 is 6.10 Å². The molecule has 0 saturated heterocycles. The number of ether oxygens (including phenoxy) is 1. The summed E-state index contributed by atoms with van der Waals surface area (Å²) in [6.07, 6.45) is -0.613. The molecule has 0 aromatic heterocycles. The van der Waals surface area contributed by atoms with E-state index in [4.69, 9.17) is 4.74 Å². The van der Waals surface area contributed by atoms with E-state index in [0.29, 0.717) is 26.2 Å². The number of benzene rings is 1. The molecule has 0 aliphatic rings. The van der Waals surface area contributed by atoms with Gasteiger partial charge in [-0.15, -0.1) is 0 Å². The molecule has 21 heavy (non-hydrogen) atoms. The number of carbonyl (C=O) groups excluding carboxylic acids is 1. The Kier molecular flexibility index (Phi) is 8.66. The Morgan fingerprint density at radius 1 is 1.29 bits per heavy atom. The summed E-state index contributed by atoms with van der Waals surface area (Å²) in [7, 11) is 0. The fourth-order valence-corrected chi connectivity index (χ4v) is 1.98. The van der Waals surface area contributed by atoms with Crippen molar-refractivity contribution >= 4 is 5.91 Å². The van der Waals surface area contributed by atoms with Crippen molar-refractivity contribution in [3.8, 4) is 0 Å². The van der Waals surface area contributed by atoms with E-state index in [-0.39, 0.29) is 19.1 Å². The monoisotopic (exact) mass is 294 g/mol. The molecule has 0 bridgehead atoms. The molecule has 118 valence electrons. The number of nitrogens with zero attached hydrogens (tertiary/aromatic N) is 1. The highest BCUT2D eigenvalue weighted by molar-refractivity contribution is 5.78. The van der Waals surface area contributed by atoms with Crippen molar-refractivity contribution in [3.05, 3.63) is 35.9 Å². The Labute approximate surface area is 126 Å². The first kappa shape index (κ1) is 17.6. The van der Waals surface area contributed by atoms with Gasteiger partial charge in [0.1, 0.15) is 0 Å². The van der Waals surface area contributed by atoms with Crippen LogP contribution in [0.15, 0.2) is 30.3 Å². The average molecular weight is 294 g/mol. The van der Waals surface area contributed by atoms with Gasteiger partial charge in [0.05, 0.1) is 25.9 Å². The zero-order valence-electron chi connectivity index (χ0n) is 12.9. The Bertz CT molecular complexity index is 394. The van der Waals surface area contributed by atoms with Gasteiger partial charge in [-0.1, -0.05) is 30.3 Å². The number of amides is 1. The van der Waals surface area contributed by atoms with Crippen LogP contribution in [-0.4, -0.2) is 54.8 Å². The summed E-state index contributed by atoms with van der Waals surface area (Å²) in [5.74, 6) is 0.0532. The topological polar surface area (TPSA) is 61.8 Å². The van der Waals surface area contributed by atoms with Gasteiger partial charge in [-0.05, 0) is 19.4 Å². The standard InChI is InChI=1S/C16H26N2O3/c1-3-18(4-2)16(20)11-17-10-15(19)13-21-12-14-8-6-5-7-9-14/h5-9,15,17,19H,3-4,10-13H2,1-2H3. The lowest BCUT2D eigenvalue weighted by Gasteiger charge is -2.19. The van der Waals surface area contributed by atoms with Gasteiger partial charge in [0.2, 0.25) is 5.91 Å². The molecule has 0 spiro atoms. The summed E-state index contributed by atoms with van der Waals surface area (Å²) in [6, 6.07) is 9.82. The SMILES string of the molecule is CCN(CC)C(=O)CNCC(O)COCc1ccccc1. The molecule has 1 aromatic carbocycles. The summed E-state index contributed by atoms with van der Waals surface area (Å²) >= 11 is 0. The third kappa shape index (κ3) is 7.22. The Balaban J connectivity index is 2.11. The third-order valence-electron chi connectivity index (χ3n) is 3.19. The minimum Gasteiger partial charge on any atom is -0.389 e. The quantitative estimate of drug-likeness (QED) is 0.676. The van der Waals surface area contributed by atoms with Gasteiger partial charge in [-0.25, -0.2) is 0 Å². The smallest absolute Gasteiger partial charge is 0.236 e. The number of carbonyl (C=O) groups is 1. The van der Waals surface area contributed by atoms with Crippen molar-refractivity contribution in [2.75, 3.05) is 32.8 Å². The van der Waals surface area contributed by atoms with Crippen molar-refractivity contribution in [1.82, 2.24) is 10.2 Å². The Morgan fingerprint density at radius 3 is 2.57 bits per heavy atom. The normalized spacial score (nSPS) is 12.1. The highest BCUT2D eigenvalue weighted by atomic mass is 16.5. The molecule has 0 radical (unpaired) electrons. The van der Waals surface area contributed by atoms with Crippen molar-refractivity contribution < 1.29 is 14.6 Å². The zero-order chi connectivity index (χ0) is 15.5. The van der Waals surface area contributed by atoms with E-state index in [1.807, 2.05) is 44.2 Å². The average Bonchev–Trinajstić information content (AvgIpc) is 2.49. The largest absolute Gasteiger partial charge is 0.389 e. The second-order valence-electron chi connectivity index (χ2n) is 4.85. The van der Waals surface area contributed by atoms with Crippen LogP contribution in [0.1, 0.15) is 19.4 Å². The molecule has 5 nitrogen and oxygen atoms in total. The number of aliphatic hydroxyl groups excluding tert-OH is 1. The molecule has 2 N–H and O–H groups in total. The predicted octanol–water partition coefficient (Wildman–Crippen LogP) is 1.02. The summed E-state index contributed by atoms with van der Waals surface area (Å²) in [6.45, 7) is 6.65. The van der Waals surface area contributed by atoms with Crippen LogP contribution in [0.2, 0.25) is 0 Å². The molecule has 0 aliphatic heterocycles. The van der Waals surface area contributed by atoms with Crippen LogP contribution >= 0.6 is 0 Å². The molecular weight excluding hydrogens is 268 g/mol. The van der Waals surface area contributed by atoms with Crippen LogP contribution < -0.4 is 5.32 Å². The maximum atomic E-state index is 11.7. The molecule has 1 atom stereocenters. The molecule has 1 unspecified atom stereocenters. The molecule has 0 heterocycles. The van der Waals surface area contributed by atoms with E-state index in [1.165, 1.54) is 0 Å². The molecule has 0 fully saturated rings. The van der Waals surface area contributed by atoms with Crippen molar-refractivity contribution in [2.45, 2.75) is 26.6 Å². The molecular formula is C16H26N2O3. The number of likely N-dealkylation sites (N-methyl/N-ethyl adjacent to an activating group) is 1. The molecule has 5 heteroatoms. The van der Waals surface area contributed by atoms with Crippen LogP contribution in [0.5, 0.6) is 0 Å². The molecule has 0 aliphatic carbocycles. The van der Waals surface area contributed by atoms with Gasteiger partial charge in [-0.2, -0.15) is 0 Å². The van der Waals surface area contributed by atoms with Gasteiger partial charge in [0.25, 0.3) is 0 Å². The van der Waals surface area contributed by atoms with Crippen molar-refractivity contribution in [1.29, 1.82) is 0 Å². The lowest BCUT2D eigenvalue weighted by Crippen LogP contribution is -2.40. The van der Waals surface area contributed by atoms with Crippen LogP contribution in [0.4, 0.5) is 0 Å². The van der Waals surface area contributed by atoms with Crippen LogP contribution in [0.25, 0.3) is 0 Å². The minimum atomic E-state index is -0.613. The molecule has 1 amide bonds. The van der Waals surface area contributed by atoms with E-state index in [9.17, 15) is 9.90 Å². The van der Waals surface area contributed by atoms with Gasteiger partial charge in [0, 0.05) is 19.6 Å². The molecule has 1 rings (SSSR count). The maximum Gasteiger partial charge on any atom is 0.236 e. The highest BCUT2D eigenvalue weighted by Crippen LogP contribution is 2.00. The number of hydrogen-bond acceptors (Lipinski definition) is 4. The van der Waals surface area contributed by atoms with Crippen molar-refractivity contribution in [3.63, 3.8) is 0 Å². The predicted molar refractivity (Wildman–Crippen MR) is 82.9 cm³/mol. The van der Waals surface area contributed by atoms with Crippen LogP contribution in [0.3, 0.4) is 0 Å². The number of aliphatic hydroxyl groups is 1. The minimum absolute atomic E-state index is 0.0532. The third-order valence-corrected chi connectivity index (χ3v) is 3.19. The van der Waals surface area contributed by atoms with Crippen LogP contribution in [0, 0.1) is 0 Å². The molecule has 1 aromatic rings. The lowest BCUT2D eigenvalue weighted by atomic mass is 10.2. The van der Waals surface area contributed by atoms with Gasteiger partial charge in [0.15, 0.2) is 0 Å². The van der Waals surface area contributed by atoms with Gasteiger partial charge >= 0.3 is 0 Å². The summed E-state index contributed by atoms with van der Waals surface area (Å²) in [5.41, 5.74) is 1.08. The first-order valence-electron chi connectivity index (χ1n) is 7.45. The number of rotatable bonds is 10. The van der Waals surface area contributed by atoms with E-state index in [0.717, 1.165) is 5.56 Å². The van der Waals surface area contributed by atoms with Crippen molar-refractivity contribution in [2.24, 2.45) is 0 Å². The number of nitrogens with one attached hydrogen (secondary N) is 1. The molecule has 0 saturated carbocycles. The van der Waals surface area contributed by atoms with E-state index in [1.54, 1.807) is 4.90 Å². The maximum absolute atomic E-state index is 11.7. The summed E-state index contributed by atoms with van der Waals surface area (Å²) in [5, 5.41) is 12.7. The summed E-state index contributed by atoms with van der Waals surface area (Å²) < 4.78 is 5.44. The number of hydrogen-bond donors (Lipinski definition) is 2. The lowest BCUT2D eigenvalue weighted by molar-refractivity contribution is -0.129. The zero-order valence-corrected chi connectivity index (χ0v) is 12.9. The Morgan fingerprint density at radius 2 is 1.95 bits per heavy atom. The highest BCUT2D eigenvalue weighted by Gasteiger charge is 2.10. The van der Waals surface area contributed by atoms with Gasteiger partial charge in [-0.3, -0.25) is 4.79 Å².